The average Bonchev–Trinajstić information content (AvgIpc) is 3.22. The molecule has 0 amide bonds. The highest BCUT2D eigenvalue weighted by molar-refractivity contribution is 6.09. The molecule has 5 rings (SSSR count). The van der Waals surface area contributed by atoms with Crippen molar-refractivity contribution in [2.45, 2.75) is 37.8 Å². The Bertz CT molecular complexity index is 1240. The molecule has 0 unspecified atom stereocenters. The number of guanidine groups is 2. The van der Waals surface area contributed by atoms with E-state index >= 15 is 0 Å². The molecule has 1 aliphatic heterocycles. The zero-order valence-electron chi connectivity index (χ0n) is 17.0. The number of carbonyl (C=O) groups is 1. The summed E-state index contributed by atoms with van der Waals surface area (Å²) in [6.45, 7) is 0. The number of aromatic amines is 1. The fourth-order valence-electron chi connectivity index (χ4n) is 4.87. The van der Waals surface area contributed by atoms with Gasteiger partial charge in [0.25, 0.3) is 0 Å². The number of aliphatic imine (C=N–C) groups is 2. The third-order valence-electron chi connectivity index (χ3n) is 6.23. The van der Waals surface area contributed by atoms with Gasteiger partial charge in [-0.05, 0) is 61.1 Å². The first-order valence-corrected chi connectivity index (χ1v) is 10.4. The number of nitrogens with one attached hydrogen (secondary N) is 1. The van der Waals surface area contributed by atoms with Crippen LogP contribution in [-0.2, 0) is 0 Å². The van der Waals surface area contributed by atoms with Crippen LogP contribution in [0.2, 0.25) is 0 Å². The molecule has 0 radical (unpaired) electrons. The Kier molecular flexibility index (Phi) is 4.43. The van der Waals surface area contributed by atoms with Crippen LogP contribution in [0, 0.1) is 0 Å². The van der Waals surface area contributed by atoms with Gasteiger partial charge in [0.15, 0.2) is 0 Å². The number of carboxylic acid groups (broad SMARTS) is 1. The van der Waals surface area contributed by atoms with Crippen molar-refractivity contribution in [1.82, 2.24) is 4.98 Å². The van der Waals surface area contributed by atoms with Crippen LogP contribution in [-0.4, -0.2) is 33.6 Å². The summed E-state index contributed by atoms with van der Waals surface area (Å²) in [5.41, 5.74) is 15.2. The van der Waals surface area contributed by atoms with Gasteiger partial charge >= 0.3 is 5.97 Å². The quantitative estimate of drug-likeness (QED) is 0.517. The van der Waals surface area contributed by atoms with Crippen molar-refractivity contribution in [2.24, 2.45) is 21.5 Å². The van der Waals surface area contributed by atoms with E-state index in [0.29, 0.717) is 5.69 Å². The van der Waals surface area contributed by atoms with Crippen molar-refractivity contribution in [3.05, 3.63) is 54.2 Å². The SMILES string of the molecule is NC1=NC2(CCCCC2)N(c2cc(-c3cccc4[nH]ccc34)ccc2C(=O)O)C(N)=N1. The third-order valence-corrected chi connectivity index (χ3v) is 6.23. The van der Waals surface area contributed by atoms with Crippen molar-refractivity contribution in [3.63, 3.8) is 0 Å². The molecule has 158 valence electrons. The Morgan fingerprint density at radius 2 is 1.90 bits per heavy atom. The third kappa shape index (κ3) is 3.11. The molecule has 3 aromatic rings. The van der Waals surface area contributed by atoms with Gasteiger partial charge in [0, 0.05) is 17.1 Å². The first kappa shape index (κ1) is 19.2. The Labute approximate surface area is 179 Å². The fraction of sp³-hybridized carbons (Fsp3) is 0.261. The summed E-state index contributed by atoms with van der Waals surface area (Å²) in [7, 11) is 0. The molecule has 8 heteroatoms. The monoisotopic (exact) mass is 416 g/mol. The molecule has 1 aromatic heterocycles. The Morgan fingerprint density at radius 1 is 1.10 bits per heavy atom. The lowest BCUT2D eigenvalue weighted by Gasteiger charge is -2.46. The van der Waals surface area contributed by atoms with Gasteiger partial charge in [0.1, 0.15) is 5.66 Å². The van der Waals surface area contributed by atoms with E-state index in [1.54, 1.807) is 11.0 Å². The summed E-state index contributed by atoms with van der Waals surface area (Å²) in [4.78, 5) is 26.0. The van der Waals surface area contributed by atoms with E-state index in [9.17, 15) is 9.90 Å². The predicted octanol–water partition coefficient (Wildman–Crippen LogP) is 3.64. The van der Waals surface area contributed by atoms with E-state index in [0.717, 1.165) is 54.1 Å². The molecule has 31 heavy (non-hydrogen) atoms. The normalized spacial score (nSPS) is 18.1. The zero-order chi connectivity index (χ0) is 21.6. The van der Waals surface area contributed by atoms with Gasteiger partial charge in [-0.15, -0.1) is 0 Å². The van der Waals surface area contributed by atoms with Gasteiger partial charge in [0.05, 0.1) is 11.3 Å². The number of nitrogens with two attached hydrogens (primary N) is 2. The Balaban J connectivity index is 1.72. The van der Waals surface area contributed by atoms with Gasteiger partial charge in [-0.2, -0.15) is 4.99 Å². The molecular weight excluding hydrogens is 392 g/mol. The molecule has 1 aliphatic carbocycles. The molecule has 0 saturated heterocycles. The number of H-pyrrole nitrogens is 1. The van der Waals surface area contributed by atoms with Crippen molar-refractivity contribution >= 4 is 34.5 Å². The van der Waals surface area contributed by atoms with Crippen molar-refractivity contribution in [1.29, 1.82) is 0 Å². The van der Waals surface area contributed by atoms with Crippen LogP contribution in [0.15, 0.2) is 58.6 Å². The van der Waals surface area contributed by atoms with Crippen molar-refractivity contribution in [2.75, 3.05) is 4.90 Å². The van der Waals surface area contributed by atoms with Crippen LogP contribution >= 0.6 is 0 Å². The second-order valence-corrected chi connectivity index (χ2v) is 8.10. The number of hydrogen-bond acceptors (Lipinski definition) is 6. The maximum Gasteiger partial charge on any atom is 0.337 e. The highest BCUT2D eigenvalue weighted by Crippen LogP contribution is 2.42. The number of benzene rings is 2. The molecule has 6 N–H and O–H groups in total. The first-order valence-electron chi connectivity index (χ1n) is 10.4. The van der Waals surface area contributed by atoms with E-state index in [1.807, 2.05) is 42.6 Å². The summed E-state index contributed by atoms with van der Waals surface area (Å²) < 4.78 is 0. The fourth-order valence-corrected chi connectivity index (χ4v) is 4.87. The molecule has 0 atom stereocenters. The summed E-state index contributed by atoms with van der Waals surface area (Å²) in [6.07, 6.45) is 6.39. The minimum Gasteiger partial charge on any atom is -0.478 e. The number of hydrogen-bond donors (Lipinski definition) is 4. The van der Waals surface area contributed by atoms with Crippen molar-refractivity contribution in [3.8, 4) is 11.1 Å². The van der Waals surface area contributed by atoms with Crippen LogP contribution in [0.4, 0.5) is 5.69 Å². The Hall–Kier alpha value is -3.81. The number of fused-ring (bicyclic) bond motifs is 1. The summed E-state index contributed by atoms with van der Waals surface area (Å²) in [5, 5.41) is 11.0. The lowest BCUT2D eigenvalue weighted by Crippen LogP contribution is -2.58. The summed E-state index contributed by atoms with van der Waals surface area (Å²) in [6, 6.07) is 13.4. The highest BCUT2D eigenvalue weighted by Gasteiger charge is 2.43. The number of anilines is 1. The van der Waals surface area contributed by atoms with Gasteiger partial charge in [0.2, 0.25) is 11.9 Å². The number of aromatic carboxylic acids is 1. The molecule has 2 aliphatic rings. The molecule has 0 bridgehead atoms. The predicted molar refractivity (Wildman–Crippen MR) is 122 cm³/mol. The molecule has 1 spiro atoms. The molecule has 2 heterocycles. The van der Waals surface area contributed by atoms with E-state index < -0.39 is 11.6 Å². The van der Waals surface area contributed by atoms with E-state index in [2.05, 4.69) is 15.0 Å². The minimum absolute atomic E-state index is 0.140. The van der Waals surface area contributed by atoms with E-state index in [4.69, 9.17) is 11.5 Å². The smallest absolute Gasteiger partial charge is 0.337 e. The average molecular weight is 416 g/mol. The molecule has 8 nitrogen and oxygen atoms in total. The van der Waals surface area contributed by atoms with Crippen LogP contribution in [0.5, 0.6) is 0 Å². The molecule has 1 saturated carbocycles. The number of carboxylic acids is 1. The topological polar surface area (TPSA) is 133 Å². The maximum atomic E-state index is 12.2. The first-order chi connectivity index (χ1) is 15.0. The molecule has 1 fully saturated rings. The maximum absolute atomic E-state index is 12.2. The lowest BCUT2D eigenvalue weighted by atomic mass is 9.86. The lowest BCUT2D eigenvalue weighted by molar-refractivity contribution is 0.0697. The largest absolute Gasteiger partial charge is 0.478 e. The minimum atomic E-state index is -1.03. The van der Waals surface area contributed by atoms with Crippen LogP contribution < -0.4 is 16.4 Å². The number of aromatic nitrogens is 1. The van der Waals surface area contributed by atoms with Crippen LogP contribution in [0.3, 0.4) is 0 Å². The zero-order valence-corrected chi connectivity index (χ0v) is 17.0. The van der Waals surface area contributed by atoms with Gasteiger partial charge in [-0.1, -0.05) is 24.6 Å². The van der Waals surface area contributed by atoms with E-state index in [-0.39, 0.29) is 17.5 Å². The van der Waals surface area contributed by atoms with Gasteiger partial charge in [-0.3, -0.25) is 4.90 Å². The van der Waals surface area contributed by atoms with Gasteiger partial charge in [-0.25, -0.2) is 9.79 Å². The van der Waals surface area contributed by atoms with E-state index in [1.165, 1.54) is 0 Å². The van der Waals surface area contributed by atoms with Gasteiger partial charge < -0.3 is 21.6 Å². The highest BCUT2D eigenvalue weighted by atomic mass is 16.4. The van der Waals surface area contributed by atoms with Crippen LogP contribution in [0.1, 0.15) is 42.5 Å². The van der Waals surface area contributed by atoms with Crippen LogP contribution in [0.25, 0.3) is 22.0 Å². The standard InChI is InChI=1S/C23H24N6O2/c24-21-27-22(25)29(23(28-21)10-2-1-3-11-23)19-13-14(7-8-17(19)20(30)31)15-5-4-6-18-16(15)9-12-26-18/h4-9,12-13,26H,1-3,10-11H2,(H,30,31)(H4,24,25,27,28). The summed E-state index contributed by atoms with van der Waals surface area (Å²) in [5.74, 6) is -0.711. The number of nitrogens with zero attached hydrogens (tertiary/aromatic N) is 3. The number of rotatable bonds is 3. The molecule has 2 aromatic carbocycles. The second-order valence-electron chi connectivity index (χ2n) is 8.10. The Morgan fingerprint density at radius 3 is 2.68 bits per heavy atom. The van der Waals surface area contributed by atoms with Crippen molar-refractivity contribution < 1.29 is 9.90 Å². The summed E-state index contributed by atoms with van der Waals surface area (Å²) >= 11 is 0. The second kappa shape index (κ2) is 7.16. The molecular formula is C23H24N6O2.